The van der Waals surface area contributed by atoms with Crippen LogP contribution in [0.2, 0.25) is 0 Å². The van der Waals surface area contributed by atoms with E-state index in [4.69, 9.17) is 9.47 Å². The summed E-state index contributed by atoms with van der Waals surface area (Å²) < 4.78 is 11.4. The Morgan fingerprint density at radius 2 is 2.08 bits per heavy atom. The van der Waals surface area contributed by atoms with Crippen LogP contribution in [0.4, 0.5) is 0 Å². The molecule has 2 nitrogen and oxygen atoms in total. The van der Waals surface area contributed by atoms with Crippen LogP contribution in [-0.4, -0.2) is 18.8 Å². The highest BCUT2D eigenvalue weighted by Crippen LogP contribution is 2.35. The smallest absolute Gasteiger partial charge is 0.130 e. The average molecular weight is 182 g/mol. The molecule has 2 rings (SSSR count). The van der Waals surface area contributed by atoms with Crippen LogP contribution in [0.1, 0.15) is 20.8 Å². The molecule has 2 aliphatic rings. The second kappa shape index (κ2) is 3.33. The fraction of sp³-hybridized carbons (Fsp3) is 0.818. The van der Waals surface area contributed by atoms with Gasteiger partial charge in [0.1, 0.15) is 12.2 Å². The number of fused-ring (bicyclic) bond motifs is 1. The Hall–Kier alpha value is -0.500. The molecule has 13 heavy (non-hydrogen) atoms. The lowest BCUT2D eigenvalue weighted by Crippen LogP contribution is -2.36. The second-order valence-corrected chi connectivity index (χ2v) is 4.49. The van der Waals surface area contributed by atoms with Gasteiger partial charge in [-0.05, 0) is 12.0 Å². The Balaban J connectivity index is 2.11. The van der Waals surface area contributed by atoms with Gasteiger partial charge in [-0.1, -0.05) is 20.8 Å². The topological polar surface area (TPSA) is 18.5 Å². The first-order valence-electron chi connectivity index (χ1n) is 5.14. The molecule has 0 aromatic rings. The van der Waals surface area contributed by atoms with E-state index in [2.05, 4.69) is 26.8 Å². The zero-order chi connectivity index (χ0) is 9.42. The minimum absolute atomic E-state index is 0.289. The van der Waals surface area contributed by atoms with Gasteiger partial charge < -0.3 is 9.47 Å². The van der Waals surface area contributed by atoms with Crippen LogP contribution < -0.4 is 0 Å². The maximum absolute atomic E-state index is 5.77. The standard InChI is InChI=1S/C11H18O2/c1-7(2)9-6-13-10-8(3)4-5-12-11(9)10/h4-5,7-11H,6H2,1-3H3/t8-,9-,10-,11-/m1/s1. The first-order valence-corrected chi connectivity index (χ1v) is 5.14. The van der Waals surface area contributed by atoms with Crippen LogP contribution in [0, 0.1) is 17.8 Å². The second-order valence-electron chi connectivity index (χ2n) is 4.49. The van der Waals surface area contributed by atoms with Crippen molar-refractivity contribution in [2.75, 3.05) is 6.61 Å². The number of hydrogen-bond donors (Lipinski definition) is 0. The van der Waals surface area contributed by atoms with Gasteiger partial charge in [-0.2, -0.15) is 0 Å². The van der Waals surface area contributed by atoms with E-state index in [-0.39, 0.29) is 6.10 Å². The molecule has 0 bridgehead atoms. The lowest BCUT2D eigenvalue weighted by molar-refractivity contribution is -0.00848. The van der Waals surface area contributed by atoms with E-state index >= 15 is 0 Å². The van der Waals surface area contributed by atoms with E-state index in [1.165, 1.54) is 0 Å². The summed E-state index contributed by atoms with van der Waals surface area (Å²) >= 11 is 0. The Bertz CT molecular complexity index is 210. The van der Waals surface area contributed by atoms with Crippen molar-refractivity contribution < 1.29 is 9.47 Å². The zero-order valence-electron chi connectivity index (χ0n) is 8.57. The van der Waals surface area contributed by atoms with Crippen molar-refractivity contribution in [2.24, 2.45) is 17.8 Å². The molecule has 0 saturated carbocycles. The molecule has 0 unspecified atom stereocenters. The Labute approximate surface area is 79.9 Å². The van der Waals surface area contributed by atoms with Crippen LogP contribution in [0.5, 0.6) is 0 Å². The molecule has 0 aromatic carbocycles. The summed E-state index contributed by atoms with van der Waals surface area (Å²) in [7, 11) is 0. The summed E-state index contributed by atoms with van der Waals surface area (Å²) in [4.78, 5) is 0. The molecule has 2 heteroatoms. The molecule has 74 valence electrons. The van der Waals surface area contributed by atoms with E-state index in [1.807, 2.05) is 6.26 Å². The summed E-state index contributed by atoms with van der Waals surface area (Å²) in [5, 5.41) is 0. The summed E-state index contributed by atoms with van der Waals surface area (Å²) in [6, 6.07) is 0. The maximum Gasteiger partial charge on any atom is 0.130 e. The Morgan fingerprint density at radius 3 is 2.77 bits per heavy atom. The van der Waals surface area contributed by atoms with Crippen LogP contribution in [0.3, 0.4) is 0 Å². The first kappa shape index (κ1) is 9.07. The molecule has 0 spiro atoms. The van der Waals surface area contributed by atoms with Gasteiger partial charge in [0.15, 0.2) is 0 Å². The minimum Gasteiger partial charge on any atom is -0.495 e. The van der Waals surface area contributed by atoms with Crippen molar-refractivity contribution in [1.29, 1.82) is 0 Å². The molecule has 0 aromatic heterocycles. The first-order chi connectivity index (χ1) is 6.20. The predicted molar refractivity (Wildman–Crippen MR) is 51.2 cm³/mol. The molecule has 0 amide bonds. The molecule has 4 atom stereocenters. The third-order valence-corrected chi connectivity index (χ3v) is 3.22. The molecule has 2 heterocycles. The molecule has 0 N–H and O–H groups in total. The minimum atomic E-state index is 0.289. The van der Waals surface area contributed by atoms with Gasteiger partial charge in [-0.25, -0.2) is 0 Å². The van der Waals surface area contributed by atoms with Crippen molar-refractivity contribution in [3.63, 3.8) is 0 Å². The van der Waals surface area contributed by atoms with Crippen LogP contribution in [0.15, 0.2) is 12.3 Å². The molecule has 1 saturated heterocycles. The van der Waals surface area contributed by atoms with Gasteiger partial charge in [0.25, 0.3) is 0 Å². The van der Waals surface area contributed by atoms with Gasteiger partial charge in [-0.3, -0.25) is 0 Å². The SMILES string of the molecule is CC(C)[C@H]1CO[C@H]2[C@@H]1OC=C[C@H]2C. The van der Waals surface area contributed by atoms with Crippen LogP contribution in [0.25, 0.3) is 0 Å². The highest BCUT2D eigenvalue weighted by molar-refractivity contribution is 5.00. The van der Waals surface area contributed by atoms with Crippen molar-refractivity contribution in [3.05, 3.63) is 12.3 Å². The number of hydrogen-bond acceptors (Lipinski definition) is 2. The van der Waals surface area contributed by atoms with Crippen molar-refractivity contribution in [1.82, 2.24) is 0 Å². The van der Waals surface area contributed by atoms with Crippen molar-refractivity contribution in [3.8, 4) is 0 Å². The maximum atomic E-state index is 5.77. The fourth-order valence-electron chi connectivity index (χ4n) is 2.23. The predicted octanol–water partition coefficient (Wildman–Crippen LogP) is 2.21. The average Bonchev–Trinajstić information content (AvgIpc) is 2.48. The van der Waals surface area contributed by atoms with Crippen molar-refractivity contribution >= 4 is 0 Å². The molecular formula is C11H18O2. The van der Waals surface area contributed by atoms with E-state index in [0.717, 1.165) is 6.61 Å². The zero-order valence-corrected chi connectivity index (χ0v) is 8.57. The lowest BCUT2D eigenvalue weighted by Gasteiger charge is -2.30. The van der Waals surface area contributed by atoms with Gasteiger partial charge >= 0.3 is 0 Å². The highest BCUT2D eigenvalue weighted by atomic mass is 16.6. The highest BCUT2D eigenvalue weighted by Gasteiger charge is 2.43. The molecule has 0 aliphatic carbocycles. The van der Waals surface area contributed by atoms with Gasteiger partial charge in [0, 0.05) is 11.8 Å². The van der Waals surface area contributed by atoms with Crippen molar-refractivity contribution in [2.45, 2.75) is 33.0 Å². The van der Waals surface area contributed by atoms with Crippen LogP contribution in [-0.2, 0) is 9.47 Å². The normalized spacial score (nSPS) is 43.4. The Kier molecular flexibility index (Phi) is 2.33. The number of ether oxygens (including phenoxy) is 2. The van der Waals surface area contributed by atoms with Gasteiger partial charge in [-0.15, -0.1) is 0 Å². The summed E-state index contributed by atoms with van der Waals surface area (Å²) in [5.41, 5.74) is 0. The largest absolute Gasteiger partial charge is 0.495 e. The lowest BCUT2D eigenvalue weighted by atomic mass is 9.86. The van der Waals surface area contributed by atoms with E-state index < -0.39 is 0 Å². The van der Waals surface area contributed by atoms with Gasteiger partial charge in [0.05, 0.1) is 12.9 Å². The Morgan fingerprint density at radius 1 is 1.31 bits per heavy atom. The molecule has 2 aliphatic heterocycles. The summed E-state index contributed by atoms with van der Waals surface area (Å²) in [5.74, 6) is 1.72. The molecular weight excluding hydrogens is 164 g/mol. The van der Waals surface area contributed by atoms with E-state index in [1.54, 1.807) is 0 Å². The monoisotopic (exact) mass is 182 g/mol. The number of rotatable bonds is 1. The quantitative estimate of drug-likeness (QED) is 0.619. The van der Waals surface area contributed by atoms with Gasteiger partial charge in [0.2, 0.25) is 0 Å². The third kappa shape index (κ3) is 1.48. The summed E-state index contributed by atoms with van der Waals surface area (Å²) in [6.07, 6.45) is 4.51. The molecule has 0 radical (unpaired) electrons. The van der Waals surface area contributed by atoms with E-state index in [0.29, 0.717) is 23.9 Å². The van der Waals surface area contributed by atoms with E-state index in [9.17, 15) is 0 Å². The summed E-state index contributed by atoms with van der Waals surface area (Å²) in [6.45, 7) is 7.53. The molecule has 1 fully saturated rings. The third-order valence-electron chi connectivity index (χ3n) is 3.22. The van der Waals surface area contributed by atoms with Crippen LogP contribution >= 0.6 is 0 Å². The fourth-order valence-corrected chi connectivity index (χ4v) is 2.23.